The van der Waals surface area contributed by atoms with Gasteiger partial charge in [0.1, 0.15) is 11.9 Å². The fourth-order valence-electron chi connectivity index (χ4n) is 2.01. The Morgan fingerprint density at radius 3 is 2.52 bits per heavy atom. The predicted molar refractivity (Wildman–Crippen MR) is 79.4 cm³/mol. The van der Waals surface area contributed by atoms with Crippen molar-refractivity contribution in [2.24, 2.45) is 5.73 Å². The van der Waals surface area contributed by atoms with Crippen molar-refractivity contribution in [1.29, 1.82) is 0 Å². The number of nitrogens with two attached hydrogens (primary N) is 1. The normalized spacial score (nSPS) is 13.8. The molecule has 0 aromatic heterocycles. The lowest BCUT2D eigenvalue weighted by Crippen LogP contribution is -2.32. The highest BCUT2D eigenvalue weighted by atomic mass is 35.5. The molecule has 0 saturated heterocycles. The molecule has 5 heteroatoms. The summed E-state index contributed by atoms with van der Waals surface area (Å²) < 4.78 is 33.5. The van der Waals surface area contributed by atoms with Gasteiger partial charge in [-0.2, -0.15) is 0 Å². The van der Waals surface area contributed by atoms with Gasteiger partial charge < -0.3 is 10.5 Å². The zero-order valence-corrected chi connectivity index (χ0v) is 12.3. The van der Waals surface area contributed by atoms with Crippen molar-refractivity contribution in [3.63, 3.8) is 0 Å². The lowest BCUT2D eigenvalue weighted by Gasteiger charge is -2.25. The number of hydrogen-bond donors (Lipinski definition) is 1. The number of rotatable bonds is 5. The van der Waals surface area contributed by atoms with Crippen LogP contribution < -0.4 is 10.5 Å². The average molecular weight is 312 g/mol. The largest absolute Gasteiger partial charge is 0.481 e. The van der Waals surface area contributed by atoms with Gasteiger partial charge in [0.25, 0.3) is 0 Å². The molecule has 0 aliphatic rings. The Morgan fingerprint density at radius 2 is 1.86 bits per heavy atom. The highest BCUT2D eigenvalue weighted by Crippen LogP contribution is 2.31. The summed E-state index contributed by atoms with van der Waals surface area (Å²) in [7, 11) is 0. The van der Waals surface area contributed by atoms with Gasteiger partial charge in [-0.25, -0.2) is 8.78 Å². The molecule has 112 valence electrons. The summed E-state index contributed by atoms with van der Waals surface area (Å²) in [5.41, 5.74) is 6.30. The van der Waals surface area contributed by atoms with Gasteiger partial charge in [0.15, 0.2) is 11.6 Å². The van der Waals surface area contributed by atoms with E-state index in [0.717, 1.165) is 0 Å². The topological polar surface area (TPSA) is 35.2 Å². The molecule has 21 heavy (non-hydrogen) atoms. The van der Waals surface area contributed by atoms with Crippen LogP contribution in [-0.2, 0) is 0 Å². The lowest BCUT2D eigenvalue weighted by molar-refractivity contribution is 0.159. The van der Waals surface area contributed by atoms with Crippen molar-refractivity contribution in [3.8, 4) is 5.75 Å². The number of ether oxygens (including phenoxy) is 1. The van der Waals surface area contributed by atoms with Crippen LogP contribution in [0.5, 0.6) is 5.75 Å². The summed E-state index contributed by atoms with van der Waals surface area (Å²) in [5.74, 6) is -1.16. The molecule has 0 aliphatic heterocycles. The third kappa shape index (κ3) is 3.52. The van der Waals surface area contributed by atoms with Crippen LogP contribution in [0, 0.1) is 11.6 Å². The minimum absolute atomic E-state index is 0.0420. The first kappa shape index (κ1) is 15.7. The maximum atomic E-state index is 14.0. The molecule has 0 aliphatic carbocycles. The van der Waals surface area contributed by atoms with Crippen molar-refractivity contribution in [2.75, 3.05) is 0 Å². The van der Waals surface area contributed by atoms with E-state index in [4.69, 9.17) is 22.1 Å². The van der Waals surface area contributed by atoms with Crippen molar-refractivity contribution < 1.29 is 13.5 Å². The van der Waals surface area contributed by atoms with Gasteiger partial charge in [-0.15, -0.1) is 0 Å². The molecule has 0 heterocycles. The van der Waals surface area contributed by atoms with Crippen LogP contribution in [0.2, 0.25) is 5.02 Å². The summed E-state index contributed by atoms with van der Waals surface area (Å²) >= 11 is 5.73. The third-order valence-electron chi connectivity index (χ3n) is 3.24. The smallest absolute Gasteiger partial charge is 0.183 e. The molecule has 0 spiro atoms. The van der Waals surface area contributed by atoms with Crippen LogP contribution >= 0.6 is 11.6 Å². The van der Waals surface area contributed by atoms with Crippen molar-refractivity contribution in [1.82, 2.24) is 0 Å². The predicted octanol–water partition coefficient (Wildman–Crippen LogP) is 4.48. The molecule has 0 radical (unpaired) electrons. The maximum Gasteiger partial charge on any atom is 0.183 e. The van der Waals surface area contributed by atoms with Crippen LogP contribution in [-0.4, -0.2) is 6.04 Å². The Balaban J connectivity index is 2.38. The van der Waals surface area contributed by atoms with Crippen LogP contribution in [0.25, 0.3) is 0 Å². The van der Waals surface area contributed by atoms with E-state index >= 15 is 0 Å². The fraction of sp³-hybridized carbons (Fsp3) is 0.250. The van der Waals surface area contributed by atoms with Gasteiger partial charge in [-0.05, 0) is 24.6 Å². The number of benzene rings is 2. The Morgan fingerprint density at radius 1 is 1.14 bits per heavy atom. The van der Waals surface area contributed by atoms with Crippen LogP contribution in [0.1, 0.15) is 25.0 Å². The number of hydrogen-bond acceptors (Lipinski definition) is 2. The summed E-state index contributed by atoms with van der Waals surface area (Å²) in [6.07, 6.45) is -0.231. The molecule has 2 aromatic carbocycles. The van der Waals surface area contributed by atoms with Crippen molar-refractivity contribution in [3.05, 3.63) is 64.7 Å². The van der Waals surface area contributed by atoms with Gasteiger partial charge in [0, 0.05) is 11.6 Å². The van der Waals surface area contributed by atoms with E-state index < -0.39 is 23.8 Å². The van der Waals surface area contributed by atoms with E-state index in [0.29, 0.717) is 12.0 Å². The molecule has 0 amide bonds. The SMILES string of the molecule is CCC(N)C(Oc1cccc(Cl)c1F)c1ccccc1F. The molecule has 2 nitrogen and oxygen atoms in total. The summed E-state index contributed by atoms with van der Waals surface area (Å²) in [5, 5.41) is -0.0511. The zero-order valence-electron chi connectivity index (χ0n) is 11.5. The first-order valence-electron chi connectivity index (χ1n) is 6.65. The zero-order chi connectivity index (χ0) is 15.4. The first-order valence-corrected chi connectivity index (χ1v) is 7.03. The van der Waals surface area contributed by atoms with Crippen molar-refractivity contribution in [2.45, 2.75) is 25.5 Å². The number of halogens is 3. The van der Waals surface area contributed by atoms with Gasteiger partial charge in [-0.3, -0.25) is 0 Å². The van der Waals surface area contributed by atoms with Crippen LogP contribution in [0.4, 0.5) is 8.78 Å². The van der Waals surface area contributed by atoms with Crippen molar-refractivity contribution >= 4 is 11.6 Å². The van der Waals surface area contributed by atoms with Gasteiger partial charge in [-0.1, -0.05) is 42.8 Å². The molecule has 0 saturated carbocycles. The monoisotopic (exact) mass is 311 g/mol. The van der Waals surface area contributed by atoms with Gasteiger partial charge >= 0.3 is 0 Å². The second-order valence-corrected chi connectivity index (χ2v) is 5.09. The highest BCUT2D eigenvalue weighted by molar-refractivity contribution is 6.30. The fourth-order valence-corrected chi connectivity index (χ4v) is 2.18. The molecular weight excluding hydrogens is 296 g/mol. The molecule has 2 rings (SSSR count). The van der Waals surface area contributed by atoms with E-state index in [-0.39, 0.29) is 10.8 Å². The quantitative estimate of drug-likeness (QED) is 0.884. The molecule has 2 unspecified atom stereocenters. The van der Waals surface area contributed by atoms with E-state index in [1.54, 1.807) is 24.3 Å². The lowest BCUT2D eigenvalue weighted by atomic mass is 10.00. The molecule has 2 N–H and O–H groups in total. The Hall–Kier alpha value is -1.65. The third-order valence-corrected chi connectivity index (χ3v) is 3.53. The standard InChI is InChI=1S/C16H16ClF2NO/c1-2-13(20)16(10-6-3-4-8-12(10)18)21-14-9-5-7-11(17)15(14)19/h3-9,13,16H,2,20H2,1H3. The molecular formula is C16H16ClF2NO. The van der Waals surface area contributed by atoms with Gasteiger partial charge in [0.05, 0.1) is 5.02 Å². The molecule has 0 fully saturated rings. The van der Waals surface area contributed by atoms with Crippen LogP contribution in [0.15, 0.2) is 42.5 Å². The van der Waals surface area contributed by atoms with E-state index in [9.17, 15) is 8.78 Å². The second-order valence-electron chi connectivity index (χ2n) is 4.68. The summed E-state index contributed by atoms with van der Waals surface area (Å²) in [6.45, 7) is 1.86. The van der Waals surface area contributed by atoms with E-state index in [2.05, 4.69) is 0 Å². The molecule has 0 bridgehead atoms. The van der Waals surface area contributed by atoms with E-state index in [1.165, 1.54) is 18.2 Å². The minimum Gasteiger partial charge on any atom is -0.481 e. The average Bonchev–Trinajstić information content (AvgIpc) is 2.49. The Kier molecular flexibility index (Phi) is 5.15. The highest BCUT2D eigenvalue weighted by Gasteiger charge is 2.25. The van der Waals surface area contributed by atoms with E-state index in [1.807, 2.05) is 6.92 Å². The Bertz CT molecular complexity index is 621. The molecule has 2 aromatic rings. The minimum atomic E-state index is -0.788. The summed E-state index contributed by atoms with van der Waals surface area (Å²) in [4.78, 5) is 0. The maximum absolute atomic E-state index is 14.0. The Labute approximate surface area is 127 Å². The first-order chi connectivity index (χ1) is 10.0. The molecule has 2 atom stereocenters. The van der Waals surface area contributed by atoms with Gasteiger partial charge in [0.2, 0.25) is 0 Å². The second kappa shape index (κ2) is 6.87. The summed E-state index contributed by atoms with van der Waals surface area (Å²) in [6, 6.07) is 10.1. The van der Waals surface area contributed by atoms with Crippen LogP contribution in [0.3, 0.4) is 0 Å².